The molecular formula is C13H26N2O3. The summed E-state index contributed by atoms with van der Waals surface area (Å²) in [5.74, 6) is -1.14. The van der Waals surface area contributed by atoms with E-state index in [1.54, 1.807) is 7.11 Å². The van der Waals surface area contributed by atoms with Crippen LogP contribution in [0.4, 0.5) is 0 Å². The topological polar surface area (TPSA) is 67.4 Å². The van der Waals surface area contributed by atoms with Crippen molar-refractivity contribution < 1.29 is 14.3 Å². The third-order valence-electron chi connectivity index (χ3n) is 2.61. The number of rotatable bonds is 10. The Morgan fingerprint density at radius 2 is 1.44 bits per heavy atom. The average molecular weight is 258 g/mol. The zero-order chi connectivity index (χ0) is 13.6. The van der Waals surface area contributed by atoms with Gasteiger partial charge in [0.1, 0.15) is 0 Å². The summed E-state index contributed by atoms with van der Waals surface area (Å²) in [7, 11) is 1.55. The SMILES string of the molecule is CCCCCCCCNC(=O)C(=O)NCCOC. The Morgan fingerprint density at radius 3 is 2.06 bits per heavy atom. The molecule has 5 heteroatoms. The van der Waals surface area contributed by atoms with Crippen molar-refractivity contribution in [3.8, 4) is 0 Å². The number of hydrogen-bond acceptors (Lipinski definition) is 3. The van der Waals surface area contributed by atoms with Crippen molar-refractivity contribution in [1.29, 1.82) is 0 Å². The molecule has 0 radical (unpaired) electrons. The fraction of sp³-hybridized carbons (Fsp3) is 0.846. The molecule has 0 atom stereocenters. The Kier molecular flexibility index (Phi) is 11.6. The Bertz CT molecular complexity index is 232. The molecule has 0 aromatic carbocycles. The highest BCUT2D eigenvalue weighted by Gasteiger charge is 2.11. The van der Waals surface area contributed by atoms with E-state index in [1.165, 1.54) is 25.7 Å². The molecule has 0 aromatic rings. The van der Waals surface area contributed by atoms with E-state index in [9.17, 15) is 9.59 Å². The Balaban J connectivity index is 3.38. The van der Waals surface area contributed by atoms with Crippen molar-refractivity contribution in [2.24, 2.45) is 0 Å². The summed E-state index contributed by atoms with van der Waals surface area (Å²) in [6, 6.07) is 0. The summed E-state index contributed by atoms with van der Waals surface area (Å²) in [6.45, 7) is 3.53. The predicted molar refractivity (Wildman–Crippen MR) is 71.3 cm³/mol. The molecule has 0 aliphatic carbocycles. The molecule has 18 heavy (non-hydrogen) atoms. The van der Waals surface area contributed by atoms with Crippen LogP contribution in [0.25, 0.3) is 0 Å². The molecule has 2 amide bonds. The molecule has 0 saturated carbocycles. The predicted octanol–water partition coefficient (Wildman–Crippen LogP) is 1.23. The summed E-state index contributed by atoms with van der Waals surface area (Å²) < 4.78 is 4.77. The van der Waals surface area contributed by atoms with Gasteiger partial charge in [0.2, 0.25) is 0 Å². The van der Waals surface area contributed by atoms with E-state index >= 15 is 0 Å². The summed E-state index contributed by atoms with van der Waals surface area (Å²) in [6.07, 6.45) is 6.99. The molecule has 0 aliphatic heterocycles. The second kappa shape index (κ2) is 12.4. The minimum atomic E-state index is -0.585. The van der Waals surface area contributed by atoms with Crippen LogP contribution in [0.2, 0.25) is 0 Å². The van der Waals surface area contributed by atoms with Gasteiger partial charge < -0.3 is 15.4 Å². The lowest BCUT2D eigenvalue weighted by molar-refractivity contribution is -0.139. The van der Waals surface area contributed by atoms with E-state index < -0.39 is 11.8 Å². The van der Waals surface area contributed by atoms with E-state index in [-0.39, 0.29) is 0 Å². The second-order valence-corrected chi connectivity index (χ2v) is 4.27. The van der Waals surface area contributed by atoms with Crippen molar-refractivity contribution in [1.82, 2.24) is 10.6 Å². The molecule has 0 saturated heterocycles. The van der Waals surface area contributed by atoms with E-state index in [1.807, 2.05) is 0 Å². The minimum Gasteiger partial charge on any atom is -0.383 e. The largest absolute Gasteiger partial charge is 0.383 e. The standard InChI is InChI=1S/C13H26N2O3/c1-3-4-5-6-7-8-9-14-12(16)13(17)15-10-11-18-2/h3-11H2,1-2H3,(H,14,16)(H,15,17). The molecule has 0 aliphatic rings. The number of carbonyl (C=O) groups is 2. The first-order chi connectivity index (χ1) is 8.72. The highest BCUT2D eigenvalue weighted by Crippen LogP contribution is 2.03. The van der Waals surface area contributed by atoms with Crippen LogP contribution < -0.4 is 10.6 Å². The highest BCUT2D eigenvalue weighted by atomic mass is 16.5. The molecule has 0 fully saturated rings. The van der Waals surface area contributed by atoms with E-state index in [2.05, 4.69) is 17.6 Å². The second-order valence-electron chi connectivity index (χ2n) is 4.27. The highest BCUT2D eigenvalue weighted by molar-refractivity contribution is 6.35. The first-order valence-corrected chi connectivity index (χ1v) is 6.77. The van der Waals surface area contributed by atoms with Crippen LogP contribution in [-0.4, -0.2) is 38.6 Å². The zero-order valence-corrected chi connectivity index (χ0v) is 11.6. The van der Waals surface area contributed by atoms with Gasteiger partial charge in [0.05, 0.1) is 6.61 Å². The first kappa shape index (κ1) is 16.9. The van der Waals surface area contributed by atoms with Crippen molar-refractivity contribution in [3.05, 3.63) is 0 Å². The van der Waals surface area contributed by atoms with Gasteiger partial charge >= 0.3 is 11.8 Å². The smallest absolute Gasteiger partial charge is 0.309 e. The van der Waals surface area contributed by atoms with E-state index in [0.29, 0.717) is 19.7 Å². The van der Waals surface area contributed by atoms with Gasteiger partial charge in [-0.15, -0.1) is 0 Å². The van der Waals surface area contributed by atoms with Crippen LogP contribution in [0.5, 0.6) is 0 Å². The number of amides is 2. The summed E-state index contributed by atoms with van der Waals surface area (Å²) in [5, 5.41) is 5.08. The van der Waals surface area contributed by atoms with Gasteiger partial charge in [-0.1, -0.05) is 39.0 Å². The Hall–Kier alpha value is -1.10. The minimum absolute atomic E-state index is 0.361. The Labute approximate surface area is 110 Å². The van der Waals surface area contributed by atoms with Gasteiger partial charge in [-0.25, -0.2) is 0 Å². The number of methoxy groups -OCH3 is 1. The quantitative estimate of drug-likeness (QED) is 0.457. The maximum absolute atomic E-state index is 11.3. The number of unbranched alkanes of at least 4 members (excludes halogenated alkanes) is 5. The maximum Gasteiger partial charge on any atom is 0.309 e. The lowest BCUT2D eigenvalue weighted by Crippen LogP contribution is -2.41. The third-order valence-corrected chi connectivity index (χ3v) is 2.61. The summed E-state index contributed by atoms with van der Waals surface area (Å²) in [5.41, 5.74) is 0. The number of ether oxygens (including phenoxy) is 1. The van der Waals surface area contributed by atoms with Crippen LogP contribution in [0.3, 0.4) is 0 Å². The number of hydrogen-bond donors (Lipinski definition) is 2. The van der Waals surface area contributed by atoms with Gasteiger partial charge in [-0.3, -0.25) is 9.59 Å². The molecule has 0 unspecified atom stereocenters. The van der Waals surface area contributed by atoms with Crippen molar-refractivity contribution in [2.75, 3.05) is 26.8 Å². The van der Waals surface area contributed by atoms with Crippen molar-refractivity contribution in [2.45, 2.75) is 45.4 Å². The number of nitrogens with one attached hydrogen (secondary N) is 2. The fourth-order valence-corrected chi connectivity index (χ4v) is 1.53. The molecule has 0 heterocycles. The van der Waals surface area contributed by atoms with Gasteiger partial charge in [-0.2, -0.15) is 0 Å². The summed E-state index contributed by atoms with van der Waals surface area (Å²) in [4.78, 5) is 22.6. The normalized spacial score (nSPS) is 10.1. The molecule has 0 spiro atoms. The first-order valence-electron chi connectivity index (χ1n) is 6.77. The Morgan fingerprint density at radius 1 is 0.889 bits per heavy atom. The molecule has 5 nitrogen and oxygen atoms in total. The lowest BCUT2D eigenvalue weighted by Gasteiger charge is -2.06. The van der Waals surface area contributed by atoms with Crippen LogP contribution in [-0.2, 0) is 14.3 Å². The fourth-order valence-electron chi connectivity index (χ4n) is 1.53. The van der Waals surface area contributed by atoms with Gasteiger partial charge in [0.25, 0.3) is 0 Å². The van der Waals surface area contributed by atoms with Gasteiger partial charge in [0, 0.05) is 20.2 Å². The summed E-state index contributed by atoms with van der Waals surface area (Å²) >= 11 is 0. The van der Waals surface area contributed by atoms with E-state index in [4.69, 9.17) is 4.74 Å². The molecule has 0 rings (SSSR count). The maximum atomic E-state index is 11.3. The van der Waals surface area contributed by atoms with E-state index in [0.717, 1.165) is 12.8 Å². The molecule has 106 valence electrons. The van der Waals surface area contributed by atoms with Crippen molar-refractivity contribution in [3.63, 3.8) is 0 Å². The lowest BCUT2D eigenvalue weighted by atomic mass is 10.1. The van der Waals surface area contributed by atoms with Gasteiger partial charge in [0.15, 0.2) is 0 Å². The molecular weight excluding hydrogens is 232 g/mol. The van der Waals surface area contributed by atoms with Crippen LogP contribution in [0.15, 0.2) is 0 Å². The monoisotopic (exact) mass is 258 g/mol. The van der Waals surface area contributed by atoms with Crippen LogP contribution in [0.1, 0.15) is 45.4 Å². The van der Waals surface area contributed by atoms with Crippen molar-refractivity contribution >= 4 is 11.8 Å². The third kappa shape index (κ3) is 10.1. The molecule has 2 N–H and O–H groups in total. The molecule has 0 aromatic heterocycles. The average Bonchev–Trinajstić information content (AvgIpc) is 2.37. The number of carbonyl (C=O) groups excluding carboxylic acids is 2. The zero-order valence-electron chi connectivity index (χ0n) is 11.6. The van der Waals surface area contributed by atoms with Crippen LogP contribution >= 0.6 is 0 Å². The van der Waals surface area contributed by atoms with Gasteiger partial charge in [-0.05, 0) is 6.42 Å². The molecule has 0 bridgehead atoms. The van der Waals surface area contributed by atoms with Crippen LogP contribution in [0, 0.1) is 0 Å².